The van der Waals surface area contributed by atoms with Crippen molar-refractivity contribution in [3.8, 4) is 0 Å². The number of hydrogen-bond acceptors (Lipinski definition) is 3. The molecule has 1 amide bonds. The Morgan fingerprint density at radius 2 is 1.90 bits per heavy atom. The zero-order chi connectivity index (χ0) is 14.8. The third-order valence-electron chi connectivity index (χ3n) is 3.44. The molecule has 1 saturated heterocycles. The van der Waals surface area contributed by atoms with E-state index in [2.05, 4.69) is 4.72 Å². The van der Waals surface area contributed by atoms with Crippen LogP contribution in [0.1, 0.15) is 49.6 Å². The normalized spacial score (nSPS) is 17.4. The minimum absolute atomic E-state index is 0.100. The Kier molecular flexibility index (Phi) is 4.49. The summed E-state index contributed by atoms with van der Waals surface area (Å²) in [6, 6.07) is 3.46. The Labute approximate surface area is 119 Å². The second-order valence-corrected chi connectivity index (χ2v) is 6.96. The van der Waals surface area contributed by atoms with Crippen molar-refractivity contribution in [3.05, 3.63) is 24.0 Å². The second kappa shape index (κ2) is 5.97. The first-order chi connectivity index (χ1) is 9.42. The fraction of sp³-hybridized carbons (Fsp3) is 0.615. The molecule has 1 N–H and O–H groups in total. The van der Waals surface area contributed by atoms with Crippen LogP contribution in [-0.2, 0) is 10.2 Å². The topological polar surface area (TPSA) is 71.4 Å². The van der Waals surface area contributed by atoms with Crippen molar-refractivity contribution < 1.29 is 13.2 Å². The van der Waals surface area contributed by atoms with Gasteiger partial charge >= 0.3 is 10.2 Å². The van der Waals surface area contributed by atoms with E-state index in [9.17, 15) is 13.2 Å². The largest absolute Gasteiger partial charge is 0.341 e. The lowest BCUT2D eigenvalue weighted by Gasteiger charge is -2.25. The van der Waals surface area contributed by atoms with E-state index in [1.807, 2.05) is 13.8 Å². The number of nitrogens with one attached hydrogen (secondary N) is 1. The molecular formula is C13H21N3O3S. The van der Waals surface area contributed by atoms with Crippen LogP contribution in [0.4, 0.5) is 0 Å². The van der Waals surface area contributed by atoms with Crippen molar-refractivity contribution in [1.29, 1.82) is 0 Å². The van der Waals surface area contributed by atoms with Crippen LogP contribution in [0.25, 0.3) is 0 Å². The lowest BCUT2D eigenvalue weighted by atomic mass is 10.2. The first kappa shape index (κ1) is 15.1. The van der Waals surface area contributed by atoms with E-state index < -0.39 is 16.1 Å². The molecule has 112 valence electrons. The minimum Gasteiger partial charge on any atom is -0.341 e. The molecule has 1 aromatic rings. The molecule has 0 aromatic carbocycles. The van der Waals surface area contributed by atoms with Gasteiger partial charge in [-0.25, -0.2) is 4.72 Å². The molecule has 0 bridgehead atoms. The highest BCUT2D eigenvalue weighted by Crippen LogP contribution is 2.14. The molecule has 0 unspecified atom stereocenters. The number of piperidine rings is 1. The molecule has 1 aromatic heterocycles. The van der Waals surface area contributed by atoms with Gasteiger partial charge in [0, 0.05) is 25.3 Å². The first-order valence-corrected chi connectivity index (χ1v) is 8.35. The third-order valence-corrected chi connectivity index (χ3v) is 4.93. The zero-order valence-electron chi connectivity index (χ0n) is 11.9. The predicted molar refractivity (Wildman–Crippen MR) is 76.6 cm³/mol. The van der Waals surface area contributed by atoms with Crippen LogP contribution in [0.3, 0.4) is 0 Å². The Balaban J connectivity index is 2.12. The summed E-state index contributed by atoms with van der Waals surface area (Å²) in [7, 11) is -3.73. The Morgan fingerprint density at radius 3 is 2.50 bits per heavy atom. The number of nitrogens with zero attached hydrogens (tertiary/aromatic N) is 2. The maximum atomic E-state index is 12.2. The molecule has 1 fully saturated rings. The number of carbonyl (C=O) groups excluding carboxylic acids is 1. The van der Waals surface area contributed by atoms with Gasteiger partial charge in [-0.3, -0.25) is 4.79 Å². The molecule has 0 saturated carbocycles. The van der Waals surface area contributed by atoms with Crippen molar-refractivity contribution in [1.82, 2.24) is 13.6 Å². The summed E-state index contributed by atoms with van der Waals surface area (Å²) in [5.41, 5.74) is 0.362. The number of rotatable bonds is 4. The highest BCUT2D eigenvalue weighted by Gasteiger charge is 2.27. The van der Waals surface area contributed by atoms with Gasteiger partial charge < -0.3 is 4.57 Å². The van der Waals surface area contributed by atoms with Gasteiger partial charge in [0.25, 0.3) is 5.91 Å². The molecule has 0 aliphatic carbocycles. The molecule has 2 heterocycles. The van der Waals surface area contributed by atoms with Gasteiger partial charge in [0.2, 0.25) is 0 Å². The maximum Gasteiger partial charge on any atom is 0.304 e. The van der Waals surface area contributed by atoms with Crippen LogP contribution in [-0.4, -0.2) is 36.3 Å². The third kappa shape index (κ3) is 3.21. The lowest BCUT2D eigenvalue weighted by Crippen LogP contribution is -2.46. The summed E-state index contributed by atoms with van der Waals surface area (Å²) in [6.45, 7) is 4.84. The molecule has 20 heavy (non-hydrogen) atoms. The average Bonchev–Trinajstić information content (AvgIpc) is 2.88. The number of hydrogen-bond donors (Lipinski definition) is 1. The van der Waals surface area contributed by atoms with E-state index in [0.717, 1.165) is 19.3 Å². The number of carbonyl (C=O) groups is 1. The van der Waals surface area contributed by atoms with E-state index >= 15 is 0 Å². The summed E-state index contributed by atoms with van der Waals surface area (Å²) < 4.78 is 29.6. The molecule has 0 spiro atoms. The van der Waals surface area contributed by atoms with Gasteiger partial charge in [-0.1, -0.05) is 6.42 Å². The zero-order valence-corrected chi connectivity index (χ0v) is 12.7. The summed E-state index contributed by atoms with van der Waals surface area (Å²) in [4.78, 5) is 12.2. The first-order valence-electron chi connectivity index (χ1n) is 6.91. The average molecular weight is 299 g/mol. The summed E-state index contributed by atoms with van der Waals surface area (Å²) >= 11 is 0. The minimum atomic E-state index is -3.73. The Bertz CT molecular complexity index is 571. The Hall–Kier alpha value is -1.34. The van der Waals surface area contributed by atoms with Crippen molar-refractivity contribution in [2.24, 2.45) is 0 Å². The lowest BCUT2D eigenvalue weighted by molar-refractivity contribution is 0.0968. The van der Waals surface area contributed by atoms with E-state index in [0.29, 0.717) is 18.8 Å². The van der Waals surface area contributed by atoms with E-state index in [-0.39, 0.29) is 6.04 Å². The SMILES string of the molecule is CC(C)n1cccc1C(=O)NS(=O)(=O)N1CCCCC1. The van der Waals surface area contributed by atoms with Crippen molar-refractivity contribution in [3.63, 3.8) is 0 Å². The van der Waals surface area contributed by atoms with Gasteiger partial charge in [-0.05, 0) is 38.8 Å². The number of aromatic nitrogens is 1. The fourth-order valence-electron chi connectivity index (χ4n) is 2.38. The van der Waals surface area contributed by atoms with Crippen LogP contribution in [0, 0.1) is 0 Å². The van der Waals surface area contributed by atoms with Gasteiger partial charge in [0.1, 0.15) is 5.69 Å². The number of amides is 1. The van der Waals surface area contributed by atoms with Gasteiger partial charge in [0.05, 0.1) is 0 Å². The fourth-order valence-corrected chi connectivity index (χ4v) is 3.58. The standard InChI is InChI=1S/C13H21N3O3S/c1-11(2)16-10-6-7-12(16)13(17)14-20(18,19)15-8-4-3-5-9-15/h6-7,10-11H,3-5,8-9H2,1-2H3,(H,14,17). The van der Waals surface area contributed by atoms with Gasteiger partial charge in [-0.15, -0.1) is 0 Å². The van der Waals surface area contributed by atoms with Crippen LogP contribution < -0.4 is 4.72 Å². The molecule has 0 atom stereocenters. The smallest absolute Gasteiger partial charge is 0.304 e. The Morgan fingerprint density at radius 1 is 1.25 bits per heavy atom. The molecule has 7 heteroatoms. The van der Waals surface area contributed by atoms with Crippen molar-refractivity contribution in [2.45, 2.75) is 39.2 Å². The summed E-state index contributed by atoms with van der Waals surface area (Å²) in [5.74, 6) is -0.575. The predicted octanol–water partition coefficient (Wildman–Crippen LogP) is 1.53. The van der Waals surface area contributed by atoms with Crippen LogP contribution in [0.15, 0.2) is 18.3 Å². The quantitative estimate of drug-likeness (QED) is 0.916. The van der Waals surface area contributed by atoms with Crippen LogP contribution in [0.2, 0.25) is 0 Å². The monoisotopic (exact) mass is 299 g/mol. The van der Waals surface area contributed by atoms with Gasteiger partial charge in [-0.2, -0.15) is 12.7 Å². The maximum absolute atomic E-state index is 12.2. The molecule has 2 rings (SSSR count). The molecule has 1 aliphatic rings. The van der Waals surface area contributed by atoms with Crippen LogP contribution >= 0.6 is 0 Å². The highest BCUT2D eigenvalue weighted by atomic mass is 32.2. The van der Waals surface area contributed by atoms with E-state index in [4.69, 9.17) is 0 Å². The molecule has 1 aliphatic heterocycles. The molecule has 0 radical (unpaired) electrons. The summed E-state index contributed by atoms with van der Waals surface area (Å²) in [6.07, 6.45) is 4.50. The van der Waals surface area contributed by atoms with E-state index in [1.54, 1.807) is 22.9 Å². The summed E-state index contributed by atoms with van der Waals surface area (Å²) in [5, 5.41) is 0. The molecule has 6 nitrogen and oxygen atoms in total. The van der Waals surface area contributed by atoms with Gasteiger partial charge in [0.15, 0.2) is 0 Å². The van der Waals surface area contributed by atoms with E-state index in [1.165, 1.54) is 4.31 Å². The van der Waals surface area contributed by atoms with Crippen LogP contribution in [0.5, 0.6) is 0 Å². The van der Waals surface area contributed by atoms with Crippen molar-refractivity contribution >= 4 is 16.1 Å². The molecular weight excluding hydrogens is 278 g/mol. The van der Waals surface area contributed by atoms with Crippen molar-refractivity contribution in [2.75, 3.05) is 13.1 Å². The highest BCUT2D eigenvalue weighted by molar-refractivity contribution is 7.87. The second-order valence-electron chi connectivity index (χ2n) is 5.29.